The zero-order valence-electron chi connectivity index (χ0n) is 13.9. The number of aryl methyl sites for hydroxylation is 1. The van der Waals surface area contributed by atoms with E-state index in [0.29, 0.717) is 0 Å². The summed E-state index contributed by atoms with van der Waals surface area (Å²) in [5, 5.41) is 13.0. The average molecular weight is 301 g/mol. The zero-order chi connectivity index (χ0) is 16.0. The second-order valence-electron chi connectivity index (χ2n) is 7.93. The molecule has 2 N–H and O–H groups in total. The molecule has 0 radical (unpaired) electrons. The first kappa shape index (κ1) is 15.5. The van der Waals surface area contributed by atoms with Crippen LogP contribution in [0.1, 0.15) is 57.1 Å². The Morgan fingerprint density at radius 2 is 1.73 bits per heavy atom. The molecule has 120 valence electrons. The molecule has 1 atom stereocenters. The van der Waals surface area contributed by atoms with Gasteiger partial charge in [0, 0.05) is 0 Å². The highest BCUT2D eigenvalue weighted by molar-refractivity contribution is 5.93. The molecule has 0 aromatic heterocycles. The van der Waals surface area contributed by atoms with Gasteiger partial charge in [-0.3, -0.25) is 4.79 Å². The number of amides is 1. The van der Waals surface area contributed by atoms with Gasteiger partial charge >= 0.3 is 0 Å². The number of aliphatic hydroxyl groups is 1. The minimum atomic E-state index is -0.439. The number of aliphatic hydroxyl groups excluding tert-OH is 1. The number of carbonyl (C=O) groups is 1. The number of hydrogen-bond donors (Lipinski definition) is 2. The number of nitrogens with one attached hydrogen (secondary N) is 1. The lowest BCUT2D eigenvalue weighted by Crippen LogP contribution is -2.53. The summed E-state index contributed by atoms with van der Waals surface area (Å²) in [5.74, 6) is 0.0947. The van der Waals surface area contributed by atoms with E-state index in [2.05, 4.69) is 50.4 Å². The molecule has 3 nitrogen and oxygen atoms in total. The Kier molecular flexibility index (Phi) is 3.59. The van der Waals surface area contributed by atoms with Gasteiger partial charge in [-0.05, 0) is 37.2 Å². The van der Waals surface area contributed by atoms with Gasteiger partial charge in [-0.1, -0.05) is 56.5 Å². The quantitative estimate of drug-likeness (QED) is 0.898. The third kappa shape index (κ3) is 2.26. The maximum Gasteiger partial charge on any atom is 0.231 e. The van der Waals surface area contributed by atoms with Crippen LogP contribution >= 0.6 is 0 Å². The third-order valence-electron chi connectivity index (χ3n) is 5.91. The van der Waals surface area contributed by atoms with E-state index in [9.17, 15) is 9.90 Å². The molecule has 1 unspecified atom stereocenters. The average Bonchev–Trinajstić information content (AvgIpc) is 2.84. The lowest BCUT2D eigenvalue weighted by atomic mass is 9.85. The van der Waals surface area contributed by atoms with Crippen LogP contribution in [0.2, 0.25) is 0 Å². The van der Waals surface area contributed by atoms with E-state index in [1.165, 1.54) is 5.56 Å². The van der Waals surface area contributed by atoms with Crippen molar-refractivity contribution in [2.75, 3.05) is 6.61 Å². The van der Waals surface area contributed by atoms with Crippen LogP contribution in [0, 0.1) is 12.3 Å². The van der Waals surface area contributed by atoms with Crippen LogP contribution in [0.4, 0.5) is 0 Å². The summed E-state index contributed by atoms with van der Waals surface area (Å²) in [6.07, 6.45) is 4.82. The van der Waals surface area contributed by atoms with Crippen molar-refractivity contribution in [1.29, 1.82) is 0 Å². The van der Waals surface area contributed by atoms with Gasteiger partial charge in [0.1, 0.15) is 0 Å². The van der Waals surface area contributed by atoms with E-state index in [-0.39, 0.29) is 17.9 Å². The highest BCUT2D eigenvalue weighted by Gasteiger charge is 2.67. The molecule has 3 heteroatoms. The molecule has 0 aliphatic heterocycles. The molecular weight excluding hydrogens is 274 g/mol. The maximum atomic E-state index is 13.1. The van der Waals surface area contributed by atoms with Crippen LogP contribution in [0.5, 0.6) is 0 Å². The first-order valence-corrected chi connectivity index (χ1v) is 8.36. The second kappa shape index (κ2) is 5.09. The number of rotatable bonds is 4. The lowest BCUT2D eigenvalue weighted by Gasteiger charge is -2.32. The van der Waals surface area contributed by atoms with Crippen LogP contribution in [0.3, 0.4) is 0 Å². The molecule has 0 heterocycles. The Bertz CT molecular complexity index is 570. The highest BCUT2D eigenvalue weighted by atomic mass is 16.3. The molecule has 0 bridgehead atoms. The maximum absolute atomic E-state index is 13.1. The molecule has 22 heavy (non-hydrogen) atoms. The van der Waals surface area contributed by atoms with E-state index in [0.717, 1.165) is 37.7 Å². The van der Waals surface area contributed by atoms with Crippen LogP contribution in [0.25, 0.3) is 0 Å². The Morgan fingerprint density at radius 3 is 2.18 bits per heavy atom. The Hall–Kier alpha value is -1.35. The molecule has 1 amide bonds. The highest BCUT2D eigenvalue weighted by Crippen LogP contribution is 2.64. The van der Waals surface area contributed by atoms with E-state index >= 15 is 0 Å². The number of carbonyl (C=O) groups excluding carboxylic acids is 1. The molecule has 0 saturated heterocycles. The smallest absolute Gasteiger partial charge is 0.231 e. The molecule has 1 aromatic carbocycles. The Labute approximate surface area is 133 Å². The SMILES string of the molecule is Cc1ccc(C2(C(=O)NC3(CO)CCCC3)CC2(C)C)cc1. The molecule has 1 aromatic rings. The summed E-state index contributed by atoms with van der Waals surface area (Å²) in [7, 11) is 0. The first-order valence-electron chi connectivity index (χ1n) is 8.36. The standard InChI is InChI=1S/C19H27NO2/c1-14-6-8-15(9-7-14)19(12-17(19,2)3)16(22)20-18(13-21)10-4-5-11-18/h6-9,21H,4-5,10-13H2,1-3H3,(H,20,22). The lowest BCUT2D eigenvalue weighted by molar-refractivity contribution is -0.127. The van der Waals surface area contributed by atoms with Crippen molar-refractivity contribution in [3.63, 3.8) is 0 Å². The molecular formula is C19H27NO2. The minimum absolute atomic E-state index is 0.0262. The van der Waals surface area contributed by atoms with Crippen LogP contribution in [-0.2, 0) is 10.2 Å². The monoisotopic (exact) mass is 301 g/mol. The number of hydrogen-bond acceptors (Lipinski definition) is 2. The number of benzene rings is 1. The fourth-order valence-corrected chi connectivity index (χ4v) is 4.19. The van der Waals surface area contributed by atoms with Crippen molar-refractivity contribution in [3.05, 3.63) is 35.4 Å². The van der Waals surface area contributed by atoms with Gasteiger partial charge in [0.25, 0.3) is 0 Å². The molecule has 2 aliphatic carbocycles. The van der Waals surface area contributed by atoms with E-state index in [4.69, 9.17) is 0 Å². The van der Waals surface area contributed by atoms with Crippen LogP contribution in [-0.4, -0.2) is 23.2 Å². The second-order valence-corrected chi connectivity index (χ2v) is 7.93. The van der Waals surface area contributed by atoms with Crippen LogP contribution in [0.15, 0.2) is 24.3 Å². The summed E-state index contributed by atoms with van der Waals surface area (Å²) in [6.45, 7) is 6.43. The summed E-state index contributed by atoms with van der Waals surface area (Å²) in [5.41, 5.74) is 1.45. The van der Waals surface area contributed by atoms with E-state index in [1.807, 2.05) is 0 Å². The van der Waals surface area contributed by atoms with Crippen molar-refractivity contribution < 1.29 is 9.90 Å². The first-order chi connectivity index (χ1) is 10.4. The fourth-order valence-electron chi connectivity index (χ4n) is 4.19. The van der Waals surface area contributed by atoms with Gasteiger partial charge in [-0.2, -0.15) is 0 Å². The summed E-state index contributed by atoms with van der Waals surface area (Å²) >= 11 is 0. The predicted molar refractivity (Wildman–Crippen MR) is 87.7 cm³/mol. The van der Waals surface area contributed by atoms with Gasteiger partial charge < -0.3 is 10.4 Å². The molecule has 0 spiro atoms. The summed E-state index contributed by atoms with van der Waals surface area (Å²) in [6, 6.07) is 8.33. The van der Waals surface area contributed by atoms with Crippen molar-refractivity contribution >= 4 is 5.91 Å². The van der Waals surface area contributed by atoms with Crippen molar-refractivity contribution in [2.45, 2.75) is 63.8 Å². The minimum Gasteiger partial charge on any atom is -0.394 e. The summed E-state index contributed by atoms with van der Waals surface area (Å²) in [4.78, 5) is 13.1. The van der Waals surface area contributed by atoms with Crippen molar-refractivity contribution in [1.82, 2.24) is 5.32 Å². The predicted octanol–water partition coefficient (Wildman–Crippen LogP) is 3.08. The fraction of sp³-hybridized carbons (Fsp3) is 0.632. The molecule has 2 fully saturated rings. The zero-order valence-corrected chi connectivity index (χ0v) is 13.9. The van der Waals surface area contributed by atoms with Gasteiger partial charge in [0.15, 0.2) is 0 Å². The van der Waals surface area contributed by atoms with E-state index in [1.54, 1.807) is 0 Å². The van der Waals surface area contributed by atoms with Gasteiger partial charge in [0.05, 0.1) is 17.6 Å². The molecule has 2 saturated carbocycles. The van der Waals surface area contributed by atoms with Crippen LogP contribution < -0.4 is 5.32 Å². The largest absolute Gasteiger partial charge is 0.394 e. The molecule has 2 aliphatic rings. The Balaban J connectivity index is 1.89. The third-order valence-corrected chi connectivity index (χ3v) is 5.91. The van der Waals surface area contributed by atoms with Crippen molar-refractivity contribution in [2.24, 2.45) is 5.41 Å². The van der Waals surface area contributed by atoms with Gasteiger partial charge in [-0.15, -0.1) is 0 Å². The van der Waals surface area contributed by atoms with Gasteiger partial charge in [0.2, 0.25) is 5.91 Å². The Morgan fingerprint density at radius 1 is 1.18 bits per heavy atom. The van der Waals surface area contributed by atoms with Gasteiger partial charge in [-0.25, -0.2) is 0 Å². The summed E-state index contributed by atoms with van der Waals surface area (Å²) < 4.78 is 0. The van der Waals surface area contributed by atoms with E-state index < -0.39 is 11.0 Å². The molecule has 3 rings (SSSR count). The van der Waals surface area contributed by atoms with Crippen molar-refractivity contribution in [3.8, 4) is 0 Å². The normalized spacial score (nSPS) is 28.4. The topological polar surface area (TPSA) is 49.3 Å².